The van der Waals surface area contributed by atoms with Crippen molar-refractivity contribution in [1.82, 2.24) is 14.5 Å². The fourth-order valence-electron chi connectivity index (χ4n) is 3.52. The molecule has 0 spiro atoms. The van der Waals surface area contributed by atoms with Gasteiger partial charge in [-0.15, -0.1) is 24.5 Å². The van der Waals surface area contributed by atoms with Crippen LogP contribution in [0.5, 0.6) is 0 Å². The first-order valence-corrected chi connectivity index (χ1v) is 12.0. The summed E-state index contributed by atoms with van der Waals surface area (Å²) in [5, 5.41) is 1.21. The number of carbonyl (C=O) groups excluding carboxylic acids is 1. The zero-order valence-corrected chi connectivity index (χ0v) is 19.8. The maximum Gasteiger partial charge on any atom is 0.267 e. The molecule has 3 rings (SSSR count). The predicted octanol–water partition coefficient (Wildman–Crippen LogP) is 4.92. The Morgan fingerprint density at radius 3 is 2.58 bits per heavy atom. The number of hydrogen-bond acceptors (Lipinski definition) is 5. The topological polar surface area (TPSA) is 55.2 Å². The lowest BCUT2D eigenvalue weighted by Crippen LogP contribution is -2.33. The van der Waals surface area contributed by atoms with Gasteiger partial charge in [0.15, 0.2) is 5.16 Å². The van der Waals surface area contributed by atoms with Gasteiger partial charge in [0.05, 0.1) is 16.8 Å². The number of fused-ring (bicyclic) bond motifs is 1. The molecule has 31 heavy (non-hydrogen) atoms. The summed E-state index contributed by atoms with van der Waals surface area (Å²) in [7, 11) is 0. The van der Waals surface area contributed by atoms with Crippen LogP contribution in [0.4, 0.5) is 0 Å². The molecule has 0 aliphatic heterocycles. The predicted molar refractivity (Wildman–Crippen MR) is 132 cm³/mol. The molecule has 3 aromatic rings. The van der Waals surface area contributed by atoms with Crippen LogP contribution in [0.15, 0.2) is 59.5 Å². The van der Waals surface area contributed by atoms with Crippen LogP contribution in [0.2, 0.25) is 0 Å². The van der Waals surface area contributed by atoms with Crippen molar-refractivity contribution in [3.8, 4) is 5.69 Å². The van der Waals surface area contributed by atoms with E-state index >= 15 is 0 Å². The van der Waals surface area contributed by atoms with Crippen LogP contribution in [0.3, 0.4) is 0 Å². The lowest BCUT2D eigenvalue weighted by atomic mass is 10.1. The van der Waals surface area contributed by atoms with Crippen LogP contribution in [0.25, 0.3) is 15.9 Å². The lowest BCUT2D eigenvalue weighted by molar-refractivity contribution is -0.127. The number of nitrogens with zero attached hydrogens (tertiary/aromatic N) is 3. The standard InChI is InChI=1S/C24H27N3O2S2/c1-6-12-26(13-7-2)20(28)15-30-24-25-22-21(19(8-3)17(5)31-22)23(29)27(24)18-11-9-10-16(4)14-18/h6-7,9-11,14H,1-2,8,12-13,15H2,3-5H3. The third-order valence-electron chi connectivity index (χ3n) is 4.99. The maximum absolute atomic E-state index is 13.6. The minimum atomic E-state index is -0.0826. The Hall–Kier alpha value is -2.64. The van der Waals surface area contributed by atoms with Crippen molar-refractivity contribution in [1.29, 1.82) is 0 Å². The molecule has 2 heterocycles. The number of aryl methyl sites for hydroxylation is 3. The third-order valence-corrected chi connectivity index (χ3v) is 6.95. The highest BCUT2D eigenvalue weighted by Gasteiger charge is 2.20. The van der Waals surface area contributed by atoms with Gasteiger partial charge in [0.1, 0.15) is 4.83 Å². The van der Waals surface area contributed by atoms with E-state index < -0.39 is 0 Å². The van der Waals surface area contributed by atoms with Gasteiger partial charge in [0, 0.05) is 18.0 Å². The van der Waals surface area contributed by atoms with E-state index in [0.29, 0.717) is 23.6 Å². The molecule has 0 atom stereocenters. The van der Waals surface area contributed by atoms with Gasteiger partial charge < -0.3 is 4.90 Å². The van der Waals surface area contributed by atoms with Crippen molar-refractivity contribution in [2.45, 2.75) is 32.3 Å². The van der Waals surface area contributed by atoms with E-state index in [2.05, 4.69) is 20.1 Å². The minimum Gasteiger partial charge on any atom is -0.335 e. The smallest absolute Gasteiger partial charge is 0.267 e. The van der Waals surface area contributed by atoms with Crippen molar-refractivity contribution in [3.63, 3.8) is 0 Å². The molecule has 0 saturated carbocycles. The van der Waals surface area contributed by atoms with Gasteiger partial charge >= 0.3 is 0 Å². The summed E-state index contributed by atoms with van der Waals surface area (Å²) in [4.78, 5) is 34.7. The van der Waals surface area contributed by atoms with Crippen molar-refractivity contribution in [2.75, 3.05) is 18.8 Å². The Kier molecular flexibility index (Phi) is 7.51. The van der Waals surface area contributed by atoms with Gasteiger partial charge in [0.25, 0.3) is 5.56 Å². The van der Waals surface area contributed by atoms with E-state index in [1.807, 2.05) is 38.1 Å². The van der Waals surface area contributed by atoms with Crippen molar-refractivity contribution < 1.29 is 4.79 Å². The molecule has 0 fully saturated rings. The van der Waals surface area contributed by atoms with Crippen molar-refractivity contribution in [2.24, 2.45) is 0 Å². The fraction of sp³-hybridized carbons (Fsp3) is 0.292. The molecule has 7 heteroatoms. The highest BCUT2D eigenvalue weighted by Crippen LogP contribution is 2.30. The summed E-state index contributed by atoms with van der Waals surface area (Å²) in [5.74, 6) is 0.128. The van der Waals surface area contributed by atoms with Gasteiger partial charge in [-0.3, -0.25) is 14.2 Å². The molecule has 0 unspecified atom stereocenters. The molecule has 0 bridgehead atoms. The SMILES string of the molecule is C=CCN(CC=C)C(=O)CSc1nc2sc(C)c(CC)c2c(=O)n1-c1cccc(C)c1. The van der Waals surface area contributed by atoms with Crippen molar-refractivity contribution in [3.05, 3.63) is 75.9 Å². The first kappa shape index (κ1) is 23.0. The van der Waals surface area contributed by atoms with Crippen LogP contribution < -0.4 is 5.56 Å². The van der Waals surface area contributed by atoms with Gasteiger partial charge in [-0.25, -0.2) is 4.98 Å². The third kappa shape index (κ3) is 4.83. The van der Waals surface area contributed by atoms with Crippen LogP contribution in [-0.4, -0.2) is 39.2 Å². The van der Waals surface area contributed by atoms with Crippen LogP contribution >= 0.6 is 23.1 Å². The molecule has 0 N–H and O–H groups in total. The first-order chi connectivity index (χ1) is 14.9. The van der Waals surface area contributed by atoms with E-state index in [-0.39, 0.29) is 17.2 Å². The summed E-state index contributed by atoms with van der Waals surface area (Å²) in [6, 6.07) is 7.79. The maximum atomic E-state index is 13.6. The fourth-order valence-corrected chi connectivity index (χ4v) is 5.59. The molecular formula is C24H27N3O2S2. The normalized spacial score (nSPS) is 10.9. The van der Waals surface area contributed by atoms with E-state index in [0.717, 1.165) is 32.9 Å². The number of benzene rings is 1. The summed E-state index contributed by atoms with van der Waals surface area (Å²) in [6.07, 6.45) is 4.17. The van der Waals surface area contributed by atoms with Crippen LogP contribution in [0.1, 0.15) is 22.9 Å². The molecule has 0 aliphatic carbocycles. The number of aromatic nitrogens is 2. The Balaban J connectivity index is 2.10. The summed E-state index contributed by atoms with van der Waals surface area (Å²) in [6.45, 7) is 14.4. The van der Waals surface area contributed by atoms with Gasteiger partial charge in [0.2, 0.25) is 5.91 Å². The highest BCUT2D eigenvalue weighted by atomic mass is 32.2. The van der Waals surface area contributed by atoms with Crippen LogP contribution in [-0.2, 0) is 11.2 Å². The average molecular weight is 454 g/mol. The molecule has 1 amide bonds. The number of amides is 1. The van der Waals surface area contributed by atoms with Gasteiger partial charge in [-0.2, -0.15) is 0 Å². The first-order valence-electron chi connectivity index (χ1n) is 10.2. The molecule has 1 aromatic carbocycles. The average Bonchev–Trinajstić information content (AvgIpc) is 3.07. The van der Waals surface area contributed by atoms with Gasteiger partial charge in [-0.05, 0) is 43.5 Å². The lowest BCUT2D eigenvalue weighted by Gasteiger charge is -2.19. The second-order valence-electron chi connectivity index (χ2n) is 7.21. The van der Waals surface area contributed by atoms with E-state index in [1.165, 1.54) is 23.1 Å². The van der Waals surface area contributed by atoms with E-state index in [9.17, 15) is 9.59 Å². The summed E-state index contributed by atoms with van der Waals surface area (Å²) in [5.41, 5.74) is 2.78. The second-order valence-corrected chi connectivity index (χ2v) is 9.35. The number of rotatable bonds is 9. The van der Waals surface area contributed by atoms with Crippen molar-refractivity contribution >= 4 is 39.2 Å². The largest absolute Gasteiger partial charge is 0.335 e. The molecule has 2 aromatic heterocycles. The van der Waals surface area contributed by atoms with E-state index in [1.54, 1.807) is 21.6 Å². The quantitative estimate of drug-likeness (QED) is 0.262. The van der Waals surface area contributed by atoms with Crippen LogP contribution in [0, 0.1) is 13.8 Å². The Morgan fingerprint density at radius 1 is 1.26 bits per heavy atom. The molecule has 5 nitrogen and oxygen atoms in total. The Morgan fingerprint density at radius 2 is 1.97 bits per heavy atom. The zero-order chi connectivity index (χ0) is 22.5. The van der Waals surface area contributed by atoms with E-state index in [4.69, 9.17) is 4.98 Å². The summed E-state index contributed by atoms with van der Waals surface area (Å²) < 4.78 is 1.64. The number of carbonyl (C=O) groups is 1. The molecule has 0 aliphatic rings. The minimum absolute atomic E-state index is 0.0495. The Labute approximate surface area is 191 Å². The molecular weight excluding hydrogens is 426 g/mol. The molecule has 162 valence electrons. The summed E-state index contributed by atoms with van der Waals surface area (Å²) >= 11 is 2.82. The highest BCUT2D eigenvalue weighted by molar-refractivity contribution is 7.99. The number of hydrogen-bond donors (Lipinski definition) is 0. The molecule has 0 radical (unpaired) electrons. The Bertz CT molecular complexity index is 1180. The number of thioether (sulfide) groups is 1. The second kappa shape index (κ2) is 10.1. The monoisotopic (exact) mass is 453 g/mol. The van der Waals surface area contributed by atoms with Gasteiger partial charge in [-0.1, -0.05) is 43.0 Å². The molecule has 0 saturated heterocycles. The zero-order valence-electron chi connectivity index (χ0n) is 18.2. The number of thiophene rings is 1.